The van der Waals surface area contributed by atoms with Crippen LogP contribution in [0.5, 0.6) is 5.88 Å². The summed E-state index contributed by atoms with van der Waals surface area (Å²) >= 11 is 0. The summed E-state index contributed by atoms with van der Waals surface area (Å²) in [6.45, 7) is 0. The molecule has 0 atom stereocenters. The van der Waals surface area contributed by atoms with Gasteiger partial charge in [0.2, 0.25) is 5.88 Å². The van der Waals surface area contributed by atoms with Crippen molar-refractivity contribution in [3.63, 3.8) is 0 Å². The minimum atomic E-state index is -0.473. The van der Waals surface area contributed by atoms with Crippen molar-refractivity contribution in [2.24, 2.45) is 0 Å². The van der Waals surface area contributed by atoms with Crippen LogP contribution < -0.4 is 4.74 Å². The molecule has 0 aliphatic carbocycles. The van der Waals surface area contributed by atoms with Gasteiger partial charge in [0.15, 0.2) is 5.82 Å². The first kappa shape index (κ1) is 9.58. The third kappa shape index (κ3) is 1.93. The molecule has 2 heterocycles. The van der Waals surface area contributed by atoms with E-state index in [1.54, 1.807) is 24.7 Å². The zero-order chi connectivity index (χ0) is 10.7. The third-order valence-corrected chi connectivity index (χ3v) is 2.00. The maximum absolute atomic E-state index is 13.3. The monoisotopic (exact) mass is 204 g/mol. The van der Waals surface area contributed by atoms with Gasteiger partial charge in [-0.15, -0.1) is 0 Å². The molecule has 0 fully saturated rings. The Labute approximate surface area is 86.6 Å². The molecule has 3 nitrogen and oxygen atoms in total. The van der Waals surface area contributed by atoms with Gasteiger partial charge in [0, 0.05) is 29.7 Å². The summed E-state index contributed by atoms with van der Waals surface area (Å²) in [6, 6.07) is 5.01. The van der Waals surface area contributed by atoms with Crippen LogP contribution in [0.4, 0.5) is 4.39 Å². The van der Waals surface area contributed by atoms with Crippen molar-refractivity contribution < 1.29 is 9.13 Å². The Morgan fingerprint density at radius 1 is 1.27 bits per heavy atom. The number of hydrogen-bond acceptors (Lipinski definition) is 3. The van der Waals surface area contributed by atoms with Gasteiger partial charge in [-0.1, -0.05) is 6.07 Å². The van der Waals surface area contributed by atoms with Crippen LogP contribution >= 0.6 is 0 Å². The van der Waals surface area contributed by atoms with Crippen LogP contribution in [0, 0.1) is 5.82 Å². The normalized spacial score (nSPS) is 10.0. The Morgan fingerprint density at radius 2 is 2.13 bits per heavy atom. The molecule has 2 rings (SSSR count). The predicted octanol–water partition coefficient (Wildman–Crippen LogP) is 2.29. The van der Waals surface area contributed by atoms with Crippen molar-refractivity contribution in [1.82, 2.24) is 9.97 Å². The molecule has 0 unspecified atom stereocenters. The molecule has 0 radical (unpaired) electrons. The van der Waals surface area contributed by atoms with E-state index in [9.17, 15) is 4.39 Å². The third-order valence-electron chi connectivity index (χ3n) is 2.00. The molecule has 0 N–H and O–H groups in total. The Morgan fingerprint density at radius 3 is 2.73 bits per heavy atom. The van der Waals surface area contributed by atoms with Crippen molar-refractivity contribution in [3.8, 4) is 17.0 Å². The van der Waals surface area contributed by atoms with Crippen molar-refractivity contribution in [3.05, 3.63) is 42.6 Å². The first-order chi connectivity index (χ1) is 7.31. The van der Waals surface area contributed by atoms with Gasteiger partial charge in [-0.2, -0.15) is 0 Å². The summed E-state index contributed by atoms with van der Waals surface area (Å²) in [7, 11) is 1.38. The molecule has 0 bridgehead atoms. The quantitative estimate of drug-likeness (QED) is 0.752. The number of aromatic nitrogens is 2. The van der Waals surface area contributed by atoms with Crippen LogP contribution in [0.1, 0.15) is 0 Å². The zero-order valence-corrected chi connectivity index (χ0v) is 8.14. The van der Waals surface area contributed by atoms with Crippen LogP contribution in [0.3, 0.4) is 0 Å². The van der Waals surface area contributed by atoms with E-state index in [2.05, 4.69) is 9.97 Å². The lowest BCUT2D eigenvalue weighted by Gasteiger charge is -2.03. The molecule has 0 saturated carbocycles. The van der Waals surface area contributed by atoms with Gasteiger partial charge in [-0.05, 0) is 12.1 Å². The fourth-order valence-electron chi connectivity index (χ4n) is 1.27. The van der Waals surface area contributed by atoms with Crippen LogP contribution in [-0.2, 0) is 0 Å². The molecule has 0 aromatic carbocycles. The van der Waals surface area contributed by atoms with E-state index in [0.717, 1.165) is 5.56 Å². The highest BCUT2D eigenvalue weighted by atomic mass is 19.1. The summed E-state index contributed by atoms with van der Waals surface area (Å²) < 4.78 is 18.1. The highest BCUT2D eigenvalue weighted by molar-refractivity contribution is 5.61. The molecule has 0 saturated heterocycles. The summed E-state index contributed by atoms with van der Waals surface area (Å²) in [5.41, 5.74) is 1.51. The number of pyridine rings is 2. The van der Waals surface area contributed by atoms with E-state index in [-0.39, 0.29) is 5.88 Å². The van der Waals surface area contributed by atoms with Gasteiger partial charge in [0.05, 0.1) is 7.11 Å². The Kier molecular flexibility index (Phi) is 2.58. The summed E-state index contributed by atoms with van der Waals surface area (Å²) in [5.74, 6) is -0.471. The lowest BCUT2D eigenvalue weighted by Crippen LogP contribution is -1.92. The largest absolute Gasteiger partial charge is 0.479 e. The van der Waals surface area contributed by atoms with Gasteiger partial charge in [0.1, 0.15) is 0 Å². The average Bonchev–Trinajstić information content (AvgIpc) is 2.30. The zero-order valence-electron chi connectivity index (χ0n) is 8.14. The van der Waals surface area contributed by atoms with Crippen LogP contribution in [0.2, 0.25) is 0 Å². The maximum atomic E-state index is 13.3. The molecule has 15 heavy (non-hydrogen) atoms. The van der Waals surface area contributed by atoms with Crippen molar-refractivity contribution in [1.29, 1.82) is 0 Å². The van der Waals surface area contributed by atoms with Crippen LogP contribution in [-0.4, -0.2) is 17.1 Å². The van der Waals surface area contributed by atoms with E-state index in [1.807, 2.05) is 6.07 Å². The fraction of sp³-hybridized carbons (Fsp3) is 0.0909. The van der Waals surface area contributed by atoms with Crippen LogP contribution in [0.15, 0.2) is 36.8 Å². The van der Waals surface area contributed by atoms with Gasteiger partial charge < -0.3 is 4.74 Å². The summed E-state index contributed by atoms with van der Waals surface area (Å²) in [4.78, 5) is 7.80. The number of rotatable bonds is 2. The molecular formula is C11H9FN2O. The number of nitrogens with zero attached hydrogens (tertiary/aromatic N) is 2. The minimum Gasteiger partial charge on any atom is -0.479 e. The van der Waals surface area contributed by atoms with Crippen molar-refractivity contribution in [2.75, 3.05) is 7.11 Å². The molecule has 0 spiro atoms. The second kappa shape index (κ2) is 4.04. The molecule has 2 aromatic heterocycles. The Bertz CT molecular complexity index is 459. The fourth-order valence-corrected chi connectivity index (χ4v) is 1.27. The molecule has 0 aliphatic rings. The standard InChI is InChI=1S/C11H9FN2O/c1-15-11-10(12)5-9(7-14-11)8-3-2-4-13-6-8/h2-7H,1H3. The minimum absolute atomic E-state index is 0.00244. The Hall–Kier alpha value is -1.97. The molecule has 2 aromatic rings. The topological polar surface area (TPSA) is 35.0 Å². The highest BCUT2D eigenvalue weighted by Crippen LogP contribution is 2.21. The van der Waals surface area contributed by atoms with E-state index < -0.39 is 5.82 Å². The maximum Gasteiger partial charge on any atom is 0.250 e. The van der Waals surface area contributed by atoms with E-state index >= 15 is 0 Å². The van der Waals surface area contributed by atoms with E-state index in [1.165, 1.54) is 13.2 Å². The second-order valence-corrected chi connectivity index (χ2v) is 2.96. The number of halogens is 1. The first-order valence-corrected chi connectivity index (χ1v) is 4.41. The van der Waals surface area contributed by atoms with Gasteiger partial charge in [-0.25, -0.2) is 9.37 Å². The van der Waals surface area contributed by atoms with Crippen molar-refractivity contribution in [2.45, 2.75) is 0 Å². The number of ether oxygens (including phenoxy) is 1. The number of methoxy groups -OCH3 is 1. The summed E-state index contributed by atoms with van der Waals surface area (Å²) in [6.07, 6.45) is 4.87. The SMILES string of the molecule is COc1ncc(-c2cccnc2)cc1F. The van der Waals surface area contributed by atoms with Crippen molar-refractivity contribution >= 4 is 0 Å². The molecule has 0 amide bonds. The Balaban J connectivity index is 2.43. The number of hydrogen-bond donors (Lipinski definition) is 0. The predicted molar refractivity (Wildman–Crippen MR) is 54.0 cm³/mol. The van der Waals surface area contributed by atoms with E-state index in [0.29, 0.717) is 5.56 Å². The summed E-state index contributed by atoms with van der Waals surface area (Å²) in [5, 5.41) is 0. The van der Waals surface area contributed by atoms with E-state index in [4.69, 9.17) is 4.74 Å². The lowest BCUT2D eigenvalue weighted by molar-refractivity contribution is 0.369. The molecule has 4 heteroatoms. The van der Waals surface area contributed by atoms with Crippen LogP contribution in [0.25, 0.3) is 11.1 Å². The molecular weight excluding hydrogens is 195 g/mol. The first-order valence-electron chi connectivity index (χ1n) is 4.41. The second-order valence-electron chi connectivity index (χ2n) is 2.96. The average molecular weight is 204 g/mol. The van der Waals surface area contributed by atoms with Gasteiger partial charge in [-0.3, -0.25) is 4.98 Å². The molecule has 76 valence electrons. The lowest BCUT2D eigenvalue weighted by atomic mass is 10.1. The van der Waals surface area contributed by atoms with Gasteiger partial charge in [0.25, 0.3) is 0 Å². The highest BCUT2D eigenvalue weighted by Gasteiger charge is 2.06. The smallest absolute Gasteiger partial charge is 0.250 e. The molecule has 0 aliphatic heterocycles. The van der Waals surface area contributed by atoms with Gasteiger partial charge >= 0.3 is 0 Å².